The van der Waals surface area contributed by atoms with Gasteiger partial charge in [0.15, 0.2) is 0 Å². The summed E-state index contributed by atoms with van der Waals surface area (Å²) in [6, 6.07) is 16.1. The molecule has 0 aliphatic carbocycles. The average molecular weight is 378 g/mol. The van der Waals surface area contributed by atoms with Gasteiger partial charge >= 0.3 is 0 Å². The maximum Gasteiger partial charge on any atom is 0.224 e. The molecule has 0 saturated heterocycles. The average Bonchev–Trinajstić information content (AvgIpc) is 3.03. The van der Waals surface area contributed by atoms with Crippen LogP contribution >= 0.6 is 11.6 Å². The Morgan fingerprint density at radius 2 is 1.93 bits per heavy atom. The second-order valence-corrected chi connectivity index (χ2v) is 6.78. The summed E-state index contributed by atoms with van der Waals surface area (Å²) >= 11 is 6.40. The van der Waals surface area contributed by atoms with Gasteiger partial charge in [0, 0.05) is 35.9 Å². The molecule has 0 radical (unpaired) electrons. The van der Waals surface area contributed by atoms with E-state index in [0.717, 1.165) is 33.5 Å². The van der Waals surface area contributed by atoms with Crippen molar-refractivity contribution in [2.75, 3.05) is 17.7 Å². The van der Waals surface area contributed by atoms with Gasteiger partial charge in [-0.3, -0.25) is 0 Å². The van der Waals surface area contributed by atoms with Crippen molar-refractivity contribution < 1.29 is 0 Å². The third-order valence-electron chi connectivity index (χ3n) is 4.62. The Morgan fingerprint density at radius 3 is 2.70 bits per heavy atom. The van der Waals surface area contributed by atoms with E-state index in [0.29, 0.717) is 17.5 Å². The van der Waals surface area contributed by atoms with E-state index in [2.05, 4.69) is 44.6 Å². The fourth-order valence-corrected chi connectivity index (χ4v) is 3.49. The first kappa shape index (κ1) is 17.4. The van der Waals surface area contributed by atoms with Gasteiger partial charge < -0.3 is 15.6 Å². The van der Waals surface area contributed by atoms with Crippen LogP contribution in [-0.4, -0.2) is 22.0 Å². The Labute approximate surface area is 162 Å². The summed E-state index contributed by atoms with van der Waals surface area (Å²) in [7, 11) is 1.83. The molecule has 0 aliphatic heterocycles. The fourth-order valence-electron chi connectivity index (χ4n) is 3.25. The lowest BCUT2D eigenvalue weighted by molar-refractivity contribution is 1.06. The first-order valence-corrected chi connectivity index (χ1v) is 9.14. The van der Waals surface area contributed by atoms with Crippen LogP contribution in [0.15, 0.2) is 54.7 Å². The molecule has 0 spiro atoms. The van der Waals surface area contributed by atoms with Crippen LogP contribution in [-0.2, 0) is 6.54 Å². The van der Waals surface area contributed by atoms with Crippen LogP contribution < -0.4 is 10.6 Å². The molecular formula is C21H20ClN5. The molecule has 4 rings (SSSR count). The molecule has 27 heavy (non-hydrogen) atoms. The van der Waals surface area contributed by atoms with Gasteiger partial charge in [-0.2, -0.15) is 4.98 Å². The zero-order valence-corrected chi connectivity index (χ0v) is 15.9. The SMILES string of the molecule is CNc1ccnc(NCc2cc(Cl)cc3c(C)c(-c4ccccc4)[nH]c23)n1. The summed E-state index contributed by atoms with van der Waals surface area (Å²) in [6.07, 6.45) is 1.72. The quantitative estimate of drug-likeness (QED) is 0.445. The number of H-pyrrole nitrogens is 1. The van der Waals surface area contributed by atoms with Gasteiger partial charge in [0.1, 0.15) is 5.82 Å². The summed E-state index contributed by atoms with van der Waals surface area (Å²) in [6.45, 7) is 2.69. The highest BCUT2D eigenvalue weighted by Crippen LogP contribution is 2.33. The van der Waals surface area contributed by atoms with Crippen molar-refractivity contribution in [1.82, 2.24) is 15.0 Å². The molecule has 2 heterocycles. The summed E-state index contributed by atoms with van der Waals surface area (Å²) in [5, 5.41) is 8.14. The third kappa shape index (κ3) is 3.46. The van der Waals surface area contributed by atoms with Crippen LogP contribution in [0.25, 0.3) is 22.2 Å². The van der Waals surface area contributed by atoms with Crippen molar-refractivity contribution in [3.05, 3.63) is 70.9 Å². The number of nitrogens with zero attached hydrogens (tertiary/aromatic N) is 2. The molecule has 0 bridgehead atoms. The van der Waals surface area contributed by atoms with Gasteiger partial charge in [-0.1, -0.05) is 41.9 Å². The highest BCUT2D eigenvalue weighted by Gasteiger charge is 2.13. The number of hydrogen-bond donors (Lipinski definition) is 3. The van der Waals surface area contributed by atoms with Gasteiger partial charge in [0.05, 0.1) is 5.52 Å². The van der Waals surface area contributed by atoms with E-state index in [-0.39, 0.29) is 0 Å². The molecule has 0 saturated carbocycles. The minimum atomic E-state index is 0.568. The number of anilines is 2. The van der Waals surface area contributed by atoms with Crippen LogP contribution in [0.1, 0.15) is 11.1 Å². The molecule has 4 aromatic rings. The van der Waals surface area contributed by atoms with Gasteiger partial charge in [-0.15, -0.1) is 0 Å². The van der Waals surface area contributed by atoms with E-state index >= 15 is 0 Å². The number of halogens is 1. The minimum Gasteiger partial charge on any atom is -0.373 e. The number of fused-ring (bicyclic) bond motifs is 1. The topological polar surface area (TPSA) is 65.6 Å². The maximum atomic E-state index is 6.40. The standard InChI is InChI=1S/C21H20ClN5/c1-13-17-11-16(22)10-15(12-25-21-24-9-8-18(23-2)26-21)20(17)27-19(13)14-6-4-3-5-7-14/h3-11,27H,12H2,1-2H3,(H2,23,24,25,26). The van der Waals surface area contributed by atoms with Gasteiger partial charge in [-0.25, -0.2) is 4.98 Å². The Morgan fingerprint density at radius 1 is 1.11 bits per heavy atom. The van der Waals surface area contributed by atoms with Crippen LogP contribution in [0.3, 0.4) is 0 Å². The molecule has 0 fully saturated rings. The maximum absolute atomic E-state index is 6.40. The van der Waals surface area contributed by atoms with E-state index < -0.39 is 0 Å². The van der Waals surface area contributed by atoms with E-state index in [1.54, 1.807) is 6.20 Å². The van der Waals surface area contributed by atoms with Crippen molar-refractivity contribution in [2.45, 2.75) is 13.5 Å². The molecule has 0 aliphatic rings. The third-order valence-corrected chi connectivity index (χ3v) is 4.84. The molecular weight excluding hydrogens is 358 g/mol. The number of aryl methyl sites for hydroxylation is 1. The molecule has 6 heteroatoms. The number of aromatic amines is 1. The van der Waals surface area contributed by atoms with E-state index in [1.165, 1.54) is 5.56 Å². The lowest BCUT2D eigenvalue weighted by Crippen LogP contribution is -2.05. The zero-order chi connectivity index (χ0) is 18.8. The molecule has 0 unspecified atom stereocenters. The van der Waals surface area contributed by atoms with Crippen molar-refractivity contribution in [2.24, 2.45) is 0 Å². The monoisotopic (exact) mass is 377 g/mol. The van der Waals surface area contributed by atoms with Crippen molar-refractivity contribution in [1.29, 1.82) is 0 Å². The first-order valence-electron chi connectivity index (χ1n) is 8.76. The summed E-state index contributed by atoms with van der Waals surface area (Å²) in [5.41, 5.74) is 5.61. The van der Waals surface area contributed by atoms with Crippen LogP contribution in [0, 0.1) is 6.92 Å². The van der Waals surface area contributed by atoms with E-state index in [9.17, 15) is 0 Å². The number of hydrogen-bond acceptors (Lipinski definition) is 4. The smallest absolute Gasteiger partial charge is 0.224 e. The second-order valence-electron chi connectivity index (χ2n) is 6.35. The van der Waals surface area contributed by atoms with Crippen molar-refractivity contribution in [3.63, 3.8) is 0 Å². The number of benzene rings is 2. The lowest BCUT2D eigenvalue weighted by atomic mass is 10.1. The van der Waals surface area contributed by atoms with Crippen LogP contribution in [0.4, 0.5) is 11.8 Å². The van der Waals surface area contributed by atoms with Gasteiger partial charge in [-0.05, 0) is 41.8 Å². The van der Waals surface area contributed by atoms with Gasteiger partial charge in [0.2, 0.25) is 5.95 Å². The molecule has 0 amide bonds. The van der Waals surface area contributed by atoms with Crippen molar-refractivity contribution >= 4 is 34.3 Å². The van der Waals surface area contributed by atoms with Crippen molar-refractivity contribution in [3.8, 4) is 11.3 Å². The molecule has 136 valence electrons. The Bertz CT molecular complexity index is 1090. The van der Waals surface area contributed by atoms with E-state index in [4.69, 9.17) is 11.6 Å². The summed E-state index contributed by atoms with van der Waals surface area (Å²) in [5.74, 6) is 1.34. The fraction of sp³-hybridized carbons (Fsp3) is 0.143. The normalized spacial score (nSPS) is 10.9. The highest BCUT2D eigenvalue weighted by atomic mass is 35.5. The predicted molar refractivity (Wildman–Crippen MR) is 112 cm³/mol. The van der Waals surface area contributed by atoms with Crippen LogP contribution in [0.2, 0.25) is 5.02 Å². The number of rotatable bonds is 5. The van der Waals surface area contributed by atoms with Crippen LogP contribution in [0.5, 0.6) is 0 Å². The predicted octanol–water partition coefficient (Wildman–Crippen LogP) is 5.24. The lowest BCUT2D eigenvalue weighted by Gasteiger charge is -2.08. The molecule has 2 aromatic heterocycles. The Hall–Kier alpha value is -3.05. The zero-order valence-electron chi connectivity index (χ0n) is 15.2. The summed E-state index contributed by atoms with van der Waals surface area (Å²) in [4.78, 5) is 12.3. The Balaban J connectivity index is 1.72. The second kappa shape index (κ2) is 7.29. The first-order chi connectivity index (χ1) is 13.2. The Kier molecular flexibility index (Phi) is 4.69. The van der Waals surface area contributed by atoms with Gasteiger partial charge in [0.25, 0.3) is 0 Å². The van der Waals surface area contributed by atoms with E-state index in [1.807, 2.05) is 43.4 Å². The molecule has 2 aromatic carbocycles. The number of nitrogens with one attached hydrogen (secondary N) is 3. The highest BCUT2D eigenvalue weighted by molar-refractivity contribution is 6.31. The molecule has 3 N–H and O–H groups in total. The minimum absolute atomic E-state index is 0.568. The molecule has 5 nitrogen and oxygen atoms in total. The largest absolute Gasteiger partial charge is 0.373 e. The summed E-state index contributed by atoms with van der Waals surface area (Å²) < 4.78 is 0. The molecule has 0 atom stereocenters. The number of aromatic nitrogens is 3.